The minimum absolute atomic E-state index is 0.103. The maximum atomic E-state index is 11.9. The van der Waals surface area contributed by atoms with E-state index in [1.165, 1.54) is 6.92 Å². The van der Waals surface area contributed by atoms with Gasteiger partial charge in [0.25, 0.3) is 0 Å². The van der Waals surface area contributed by atoms with Gasteiger partial charge in [-0.1, -0.05) is 13.0 Å². The molecule has 1 aromatic rings. The highest BCUT2D eigenvalue weighted by Crippen LogP contribution is 2.18. The molecule has 0 fully saturated rings. The van der Waals surface area contributed by atoms with Crippen molar-refractivity contribution >= 4 is 41.2 Å². The Balaban J connectivity index is 2.67. The van der Waals surface area contributed by atoms with Crippen molar-refractivity contribution in [3.05, 3.63) is 24.3 Å². The maximum Gasteiger partial charge on any atom is 0.407 e. The van der Waals surface area contributed by atoms with E-state index < -0.39 is 18.2 Å². The van der Waals surface area contributed by atoms with E-state index in [1.807, 2.05) is 13.2 Å². The van der Waals surface area contributed by atoms with Gasteiger partial charge in [0.05, 0.1) is 0 Å². The molecule has 0 radical (unpaired) electrons. The minimum Gasteiger partial charge on any atom is -0.490 e. The van der Waals surface area contributed by atoms with Crippen LogP contribution < -0.4 is 15.4 Å². The number of ether oxygens (including phenoxy) is 3. The zero-order chi connectivity index (χ0) is 23.1. The molecule has 1 rings (SSSR count). The summed E-state index contributed by atoms with van der Waals surface area (Å²) < 4.78 is 15.9. The second kappa shape index (κ2) is 15.1. The first kappa shape index (κ1) is 26.3. The van der Waals surface area contributed by atoms with Crippen LogP contribution in [0, 0.1) is 0 Å². The Morgan fingerprint density at radius 3 is 2.61 bits per heavy atom. The van der Waals surface area contributed by atoms with Crippen LogP contribution in [-0.4, -0.2) is 61.6 Å². The van der Waals surface area contributed by atoms with Crippen LogP contribution in [0.2, 0.25) is 0 Å². The summed E-state index contributed by atoms with van der Waals surface area (Å²) in [6, 6.07) is 6.77. The standard InChI is InChI=1S/C21H30N2O7S/c1-4-9-22-21(27)29-14-18(30-20(26)11-15(2)24)13-28-17-7-5-6-16(12-17)23-19(25)8-10-31-3/h5-7,12,18H,4,8-11,13-14H2,1-3H3,(H,22,27)(H,23,25). The molecular formula is C21H30N2O7S. The number of ketones is 1. The van der Waals surface area contributed by atoms with Gasteiger partial charge in [0.1, 0.15) is 31.2 Å². The van der Waals surface area contributed by atoms with Crippen LogP contribution >= 0.6 is 11.8 Å². The summed E-state index contributed by atoms with van der Waals surface area (Å²) in [5.41, 5.74) is 0.573. The lowest BCUT2D eigenvalue weighted by molar-refractivity contribution is -0.154. The fraction of sp³-hybridized carbons (Fsp3) is 0.524. The predicted molar refractivity (Wildman–Crippen MR) is 118 cm³/mol. The van der Waals surface area contributed by atoms with Gasteiger partial charge in [0, 0.05) is 30.5 Å². The van der Waals surface area contributed by atoms with E-state index >= 15 is 0 Å². The fourth-order valence-corrected chi connectivity index (χ4v) is 2.65. The molecule has 31 heavy (non-hydrogen) atoms. The molecule has 2 amide bonds. The summed E-state index contributed by atoms with van der Waals surface area (Å²) >= 11 is 1.59. The molecule has 172 valence electrons. The van der Waals surface area contributed by atoms with Gasteiger partial charge in [0.2, 0.25) is 5.91 Å². The summed E-state index contributed by atoms with van der Waals surface area (Å²) in [7, 11) is 0. The van der Waals surface area contributed by atoms with Gasteiger partial charge in [-0.05, 0) is 31.7 Å². The monoisotopic (exact) mass is 454 g/mol. The molecule has 0 saturated carbocycles. The molecule has 1 aromatic carbocycles. The number of esters is 1. The van der Waals surface area contributed by atoms with Gasteiger partial charge in [-0.2, -0.15) is 11.8 Å². The summed E-state index contributed by atoms with van der Waals surface area (Å²) in [5.74, 6) is -0.00864. The quantitative estimate of drug-likeness (QED) is 0.325. The molecule has 0 aromatic heterocycles. The van der Waals surface area contributed by atoms with Crippen LogP contribution in [-0.2, 0) is 23.9 Å². The third-order valence-electron chi connectivity index (χ3n) is 3.70. The minimum atomic E-state index is -0.904. The predicted octanol–water partition coefficient (Wildman–Crippen LogP) is 2.78. The van der Waals surface area contributed by atoms with Crippen LogP contribution in [0.15, 0.2) is 24.3 Å². The van der Waals surface area contributed by atoms with Crippen molar-refractivity contribution in [1.82, 2.24) is 5.32 Å². The Bertz CT molecular complexity index is 742. The first-order chi connectivity index (χ1) is 14.8. The van der Waals surface area contributed by atoms with E-state index in [9.17, 15) is 19.2 Å². The van der Waals surface area contributed by atoms with Crippen LogP contribution in [0.25, 0.3) is 0 Å². The molecule has 0 heterocycles. The molecule has 0 saturated heterocycles. The van der Waals surface area contributed by atoms with Crippen molar-refractivity contribution < 1.29 is 33.4 Å². The first-order valence-corrected chi connectivity index (χ1v) is 11.3. The van der Waals surface area contributed by atoms with Crippen molar-refractivity contribution in [2.24, 2.45) is 0 Å². The van der Waals surface area contributed by atoms with Crippen molar-refractivity contribution in [1.29, 1.82) is 0 Å². The van der Waals surface area contributed by atoms with Crippen molar-refractivity contribution in [3.8, 4) is 5.75 Å². The molecule has 2 N–H and O–H groups in total. The number of hydrogen-bond acceptors (Lipinski definition) is 8. The second-order valence-corrected chi connectivity index (χ2v) is 7.63. The molecule has 10 heteroatoms. The zero-order valence-corrected chi connectivity index (χ0v) is 18.9. The molecule has 0 aliphatic carbocycles. The van der Waals surface area contributed by atoms with Gasteiger partial charge < -0.3 is 24.8 Å². The normalized spacial score (nSPS) is 11.2. The average molecular weight is 455 g/mol. The lowest BCUT2D eigenvalue weighted by atomic mass is 10.3. The van der Waals surface area contributed by atoms with Crippen LogP contribution in [0.5, 0.6) is 5.75 Å². The molecule has 1 atom stereocenters. The Morgan fingerprint density at radius 2 is 1.94 bits per heavy atom. The highest BCUT2D eigenvalue weighted by Gasteiger charge is 2.19. The molecule has 0 aliphatic rings. The summed E-state index contributed by atoms with van der Waals surface area (Å²) in [4.78, 5) is 46.5. The number of benzene rings is 1. The van der Waals surface area contributed by atoms with Crippen molar-refractivity contribution in [2.45, 2.75) is 39.2 Å². The Hall–Kier alpha value is -2.75. The van der Waals surface area contributed by atoms with Crippen LogP contribution in [0.1, 0.15) is 33.1 Å². The van der Waals surface area contributed by atoms with Gasteiger partial charge in [-0.3, -0.25) is 14.4 Å². The number of amides is 2. The highest BCUT2D eigenvalue weighted by atomic mass is 32.2. The fourth-order valence-electron chi connectivity index (χ4n) is 2.26. The number of carbonyl (C=O) groups is 4. The van der Waals surface area contributed by atoms with E-state index in [-0.39, 0.29) is 31.3 Å². The van der Waals surface area contributed by atoms with Crippen LogP contribution in [0.3, 0.4) is 0 Å². The number of carbonyl (C=O) groups excluding carboxylic acids is 4. The Morgan fingerprint density at radius 1 is 1.16 bits per heavy atom. The Kier molecular flexibility index (Phi) is 12.8. The van der Waals surface area contributed by atoms with E-state index in [2.05, 4.69) is 10.6 Å². The number of alkyl carbamates (subject to hydrolysis) is 1. The lowest BCUT2D eigenvalue weighted by Gasteiger charge is -2.19. The van der Waals surface area contributed by atoms with Gasteiger partial charge in [-0.15, -0.1) is 0 Å². The first-order valence-electron chi connectivity index (χ1n) is 9.95. The summed E-state index contributed by atoms with van der Waals surface area (Å²) in [6.07, 6.45) is 1.16. The average Bonchev–Trinajstić information content (AvgIpc) is 2.72. The largest absolute Gasteiger partial charge is 0.490 e. The van der Waals surface area contributed by atoms with E-state index in [4.69, 9.17) is 14.2 Å². The van der Waals surface area contributed by atoms with Gasteiger partial charge in [0.15, 0.2) is 6.10 Å². The Labute approximate surface area is 186 Å². The van der Waals surface area contributed by atoms with Crippen LogP contribution in [0.4, 0.5) is 10.5 Å². The van der Waals surface area contributed by atoms with Crippen molar-refractivity contribution in [2.75, 3.05) is 37.1 Å². The molecule has 9 nitrogen and oxygen atoms in total. The smallest absolute Gasteiger partial charge is 0.407 e. The second-order valence-electron chi connectivity index (χ2n) is 6.65. The molecule has 0 bridgehead atoms. The van der Waals surface area contributed by atoms with E-state index in [0.29, 0.717) is 24.4 Å². The number of rotatable bonds is 14. The summed E-state index contributed by atoms with van der Waals surface area (Å²) in [6.45, 7) is 3.30. The maximum absolute atomic E-state index is 11.9. The van der Waals surface area contributed by atoms with Gasteiger partial charge >= 0.3 is 12.1 Å². The number of nitrogens with one attached hydrogen (secondary N) is 2. The summed E-state index contributed by atoms with van der Waals surface area (Å²) in [5, 5.41) is 5.33. The van der Waals surface area contributed by atoms with Gasteiger partial charge in [-0.25, -0.2) is 4.79 Å². The molecule has 1 unspecified atom stereocenters. The zero-order valence-electron chi connectivity index (χ0n) is 18.1. The third kappa shape index (κ3) is 12.5. The number of anilines is 1. The van der Waals surface area contributed by atoms with E-state index in [0.717, 1.165) is 12.2 Å². The van der Waals surface area contributed by atoms with E-state index in [1.54, 1.807) is 36.0 Å². The van der Waals surface area contributed by atoms with Crippen molar-refractivity contribution in [3.63, 3.8) is 0 Å². The number of hydrogen-bond donors (Lipinski definition) is 2. The number of Topliss-reactive ketones (excluding diaryl/α,β-unsaturated/α-hetero) is 1. The SMILES string of the molecule is CCCNC(=O)OCC(COc1cccc(NC(=O)CCSC)c1)OC(=O)CC(C)=O. The molecule has 0 aliphatic heterocycles. The molecule has 0 spiro atoms. The topological polar surface area (TPSA) is 120 Å². The molecular weight excluding hydrogens is 424 g/mol. The highest BCUT2D eigenvalue weighted by molar-refractivity contribution is 7.98. The third-order valence-corrected chi connectivity index (χ3v) is 4.31. The lowest BCUT2D eigenvalue weighted by Crippen LogP contribution is -2.34. The number of thioether (sulfide) groups is 1.